The fraction of sp³-hybridized carbons (Fsp3) is 0.0909. The second-order valence-corrected chi connectivity index (χ2v) is 6.85. The molecule has 3 aromatic carbocycles. The number of para-hydroxylation sites is 1. The first-order valence-corrected chi connectivity index (χ1v) is 8.97. The Hall–Kier alpha value is -3.11. The summed E-state index contributed by atoms with van der Waals surface area (Å²) in [6.07, 6.45) is 0.631. The van der Waals surface area contributed by atoms with Gasteiger partial charge >= 0.3 is 5.97 Å². The maximum Gasteiger partial charge on any atom is 0.335 e. The highest BCUT2D eigenvalue weighted by molar-refractivity contribution is 6.31. The fourth-order valence-corrected chi connectivity index (χ4v) is 3.55. The zero-order chi connectivity index (χ0) is 19.0. The molecule has 27 heavy (non-hydrogen) atoms. The SMILES string of the molecule is Cc1cccc(Cl)c1Cc1nn(-c2ccc(C(=O)O)cc2)c2ccccc12. The number of hydrogen-bond donors (Lipinski definition) is 1. The molecule has 0 aliphatic heterocycles. The van der Waals surface area contributed by atoms with Gasteiger partial charge in [-0.2, -0.15) is 5.10 Å². The first kappa shape index (κ1) is 17.3. The lowest BCUT2D eigenvalue weighted by Gasteiger charge is -2.06. The Morgan fingerprint density at radius 1 is 1.04 bits per heavy atom. The molecule has 0 aliphatic rings. The average molecular weight is 377 g/mol. The van der Waals surface area contributed by atoms with Crippen molar-refractivity contribution in [2.75, 3.05) is 0 Å². The van der Waals surface area contributed by atoms with E-state index in [9.17, 15) is 4.79 Å². The molecule has 1 N–H and O–H groups in total. The van der Waals surface area contributed by atoms with Crippen LogP contribution in [0.2, 0.25) is 5.02 Å². The third-order valence-corrected chi connectivity index (χ3v) is 5.07. The Bertz CT molecular complexity index is 1130. The summed E-state index contributed by atoms with van der Waals surface area (Å²) in [5.41, 5.74) is 5.17. The molecule has 0 aliphatic carbocycles. The van der Waals surface area contributed by atoms with Crippen LogP contribution in [0.15, 0.2) is 66.7 Å². The van der Waals surface area contributed by atoms with Crippen molar-refractivity contribution >= 4 is 28.5 Å². The van der Waals surface area contributed by atoms with Gasteiger partial charge in [-0.25, -0.2) is 9.48 Å². The predicted octanol–water partition coefficient (Wildman–Crippen LogP) is 5.28. The number of nitrogens with zero attached hydrogens (tertiary/aromatic N) is 2. The minimum atomic E-state index is -0.943. The molecule has 1 aromatic heterocycles. The summed E-state index contributed by atoms with van der Waals surface area (Å²) in [4.78, 5) is 11.1. The van der Waals surface area contributed by atoms with Crippen molar-refractivity contribution < 1.29 is 9.90 Å². The fourth-order valence-electron chi connectivity index (χ4n) is 3.26. The molecule has 0 unspecified atom stereocenters. The lowest BCUT2D eigenvalue weighted by molar-refractivity contribution is 0.0697. The number of aromatic nitrogens is 2. The number of carboxylic acid groups (broad SMARTS) is 1. The Balaban J connectivity index is 1.83. The van der Waals surface area contributed by atoms with Crippen molar-refractivity contribution in [2.45, 2.75) is 13.3 Å². The van der Waals surface area contributed by atoms with Gasteiger partial charge in [-0.15, -0.1) is 0 Å². The van der Waals surface area contributed by atoms with Gasteiger partial charge in [-0.3, -0.25) is 0 Å². The van der Waals surface area contributed by atoms with Crippen LogP contribution in [0.3, 0.4) is 0 Å². The molecule has 0 fully saturated rings. The molecule has 4 aromatic rings. The van der Waals surface area contributed by atoms with Gasteiger partial charge in [0.1, 0.15) is 0 Å². The summed E-state index contributed by atoms with van der Waals surface area (Å²) in [6, 6.07) is 20.6. The van der Waals surface area contributed by atoms with E-state index in [2.05, 4.69) is 0 Å². The number of aromatic carboxylic acids is 1. The molecule has 0 amide bonds. The van der Waals surface area contributed by atoms with Crippen LogP contribution in [-0.4, -0.2) is 20.9 Å². The molecular formula is C22H17ClN2O2. The van der Waals surface area contributed by atoms with Gasteiger partial charge in [0.05, 0.1) is 22.5 Å². The van der Waals surface area contributed by atoms with Crippen molar-refractivity contribution in [3.63, 3.8) is 0 Å². The van der Waals surface area contributed by atoms with E-state index in [-0.39, 0.29) is 5.56 Å². The highest BCUT2D eigenvalue weighted by atomic mass is 35.5. The molecule has 0 saturated heterocycles. The summed E-state index contributed by atoms with van der Waals surface area (Å²) >= 11 is 6.41. The van der Waals surface area contributed by atoms with E-state index >= 15 is 0 Å². The minimum Gasteiger partial charge on any atom is -0.478 e. The molecule has 1 heterocycles. The number of rotatable bonds is 4. The second kappa shape index (κ2) is 6.89. The maximum atomic E-state index is 11.1. The largest absolute Gasteiger partial charge is 0.478 e. The lowest BCUT2D eigenvalue weighted by atomic mass is 10.0. The highest BCUT2D eigenvalue weighted by Crippen LogP contribution is 2.28. The van der Waals surface area contributed by atoms with Gasteiger partial charge in [-0.05, 0) is 54.4 Å². The third-order valence-electron chi connectivity index (χ3n) is 4.72. The Morgan fingerprint density at radius 2 is 1.78 bits per heavy atom. The first-order valence-electron chi connectivity index (χ1n) is 8.59. The van der Waals surface area contributed by atoms with Crippen LogP contribution in [0.4, 0.5) is 0 Å². The number of hydrogen-bond acceptors (Lipinski definition) is 2. The molecule has 5 heteroatoms. The van der Waals surface area contributed by atoms with Crippen molar-refractivity contribution in [3.05, 3.63) is 94.1 Å². The molecular weight excluding hydrogens is 360 g/mol. The first-order chi connectivity index (χ1) is 13.0. The van der Waals surface area contributed by atoms with Crippen LogP contribution in [0, 0.1) is 6.92 Å². The standard InChI is InChI=1S/C22H17ClN2O2/c1-14-5-4-7-19(23)18(14)13-20-17-6-2-3-8-21(17)25(24-20)16-11-9-15(10-12-16)22(26)27/h2-12H,13H2,1H3,(H,26,27). The number of fused-ring (bicyclic) bond motifs is 1. The number of benzene rings is 3. The highest BCUT2D eigenvalue weighted by Gasteiger charge is 2.15. The normalized spacial score (nSPS) is 11.0. The van der Waals surface area contributed by atoms with Crippen molar-refractivity contribution in [1.82, 2.24) is 9.78 Å². The van der Waals surface area contributed by atoms with Crippen LogP contribution in [-0.2, 0) is 6.42 Å². The number of halogens is 1. The minimum absolute atomic E-state index is 0.252. The summed E-state index contributed by atoms with van der Waals surface area (Å²) in [5, 5.41) is 15.7. The van der Waals surface area contributed by atoms with E-state index in [0.717, 1.165) is 38.4 Å². The molecule has 4 nitrogen and oxygen atoms in total. The van der Waals surface area contributed by atoms with E-state index in [0.29, 0.717) is 6.42 Å². The smallest absolute Gasteiger partial charge is 0.335 e. The van der Waals surface area contributed by atoms with E-state index in [4.69, 9.17) is 21.8 Å². The second-order valence-electron chi connectivity index (χ2n) is 6.44. The zero-order valence-electron chi connectivity index (χ0n) is 14.7. The molecule has 0 saturated carbocycles. The van der Waals surface area contributed by atoms with E-state index < -0.39 is 5.97 Å². The van der Waals surface area contributed by atoms with Crippen LogP contribution in [0.1, 0.15) is 27.2 Å². The van der Waals surface area contributed by atoms with E-state index in [1.807, 2.05) is 54.1 Å². The Kier molecular flexibility index (Phi) is 4.42. The van der Waals surface area contributed by atoms with Crippen molar-refractivity contribution in [1.29, 1.82) is 0 Å². The number of aryl methyl sites for hydroxylation is 1. The number of carboxylic acids is 1. The molecule has 0 atom stereocenters. The lowest BCUT2D eigenvalue weighted by Crippen LogP contribution is -2.01. The average Bonchev–Trinajstić information content (AvgIpc) is 3.04. The van der Waals surface area contributed by atoms with Gasteiger partial charge in [0.25, 0.3) is 0 Å². The topological polar surface area (TPSA) is 55.1 Å². The summed E-state index contributed by atoms with van der Waals surface area (Å²) in [6.45, 7) is 2.05. The predicted molar refractivity (Wildman–Crippen MR) is 107 cm³/mol. The van der Waals surface area contributed by atoms with Gasteiger partial charge < -0.3 is 5.11 Å². The van der Waals surface area contributed by atoms with Gasteiger partial charge in [0.2, 0.25) is 0 Å². The molecule has 0 bridgehead atoms. The van der Waals surface area contributed by atoms with Gasteiger partial charge in [0.15, 0.2) is 0 Å². The van der Waals surface area contributed by atoms with Crippen LogP contribution < -0.4 is 0 Å². The maximum absolute atomic E-state index is 11.1. The molecule has 0 radical (unpaired) electrons. The molecule has 134 valence electrons. The van der Waals surface area contributed by atoms with Crippen LogP contribution in [0.5, 0.6) is 0 Å². The van der Waals surface area contributed by atoms with Crippen LogP contribution in [0.25, 0.3) is 16.6 Å². The number of carbonyl (C=O) groups is 1. The molecule has 4 rings (SSSR count). The molecule has 0 spiro atoms. The summed E-state index contributed by atoms with van der Waals surface area (Å²) in [5.74, 6) is -0.943. The quantitative estimate of drug-likeness (QED) is 0.527. The van der Waals surface area contributed by atoms with E-state index in [1.54, 1.807) is 24.3 Å². The van der Waals surface area contributed by atoms with Crippen molar-refractivity contribution in [3.8, 4) is 5.69 Å². The summed E-state index contributed by atoms with van der Waals surface area (Å²) in [7, 11) is 0. The van der Waals surface area contributed by atoms with Crippen LogP contribution >= 0.6 is 11.6 Å². The van der Waals surface area contributed by atoms with E-state index in [1.165, 1.54) is 0 Å². The third kappa shape index (κ3) is 3.20. The Morgan fingerprint density at radius 3 is 2.48 bits per heavy atom. The van der Waals surface area contributed by atoms with Gasteiger partial charge in [-0.1, -0.05) is 41.9 Å². The monoisotopic (exact) mass is 376 g/mol. The van der Waals surface area contributed by atoms with Gasteiger partial charge in [0, 0.05) is 16.8 Å². The Labute approximate surface area is 161 Å². The van der Waals surface area contributed by atoms with Crippen molar-refractivity contribution in [2.24, 2.45) is 0 Å². The summed E-state index contributed by atoms with van der Waals surface area (Å²) < 4.78 is 1.85. The zero-order valence-corrected chi connectivity index (χ0v) is 15.4.